The van der Waals surface area contributed by atoms with Crippen molar-refractivity contribution < 1.29 is 22.4 Å². The summed E-state index contributed by atoms with van der Waals surface area (Å²) < 4.78 is 40.1. The third-order valence-corrected chi connectivity index (χ3v) is 7.61. The van der Waals surface area contributed by atoms with Crippen LogP contribution in [0.4, 0.5) is 15.8 Å². The van der Waals surface area contributed by atoms with Crippen LogP contribution in [-0.4, -0.2) is 44.2 Å². The Morgan fingerprint density at radius 3 is 2.35 bits per heavy atom. The van der Waals surface area contributed by atoms with Gasteiger partial charge in [-0.3, -0.25) is 9.59 Å². The van der Waals surface area contributed by atoms with Crippen molar-refractivity contribution in [1.82, 2.24) is 4.31 Å². The van der Waals surface area contributed by atoms with Gasteiger partial charge in [-0.05, 0) is 67.8 Å². The predicted octanol–water partition coefficient (Wildman–Crippen LogP) is 2.99. The summed E-state index contributed by atoms with van der Waals surface area (Å²) in [6.07, 6.45) is 2.55. The van der Waals surface area contributed by atoms with Crippen LogP contribution >= 0.6 is 0 Å². The minimum absolute atomic E-state index is 0.0157. The molecule has 2 aromatic carbocycles. The van der Waals surface area contributed by atoms with Gasteiger partial charge in [0.15, 0.2) is 0 Å². The van der Waals surface area contributed by atoms with Crippen LogP contribution in [0.5, 0.6) is 0 Å². The Labute approximate surface area is 180 Å². The summed E-state index contributed by atoms with van der Waals surface area (Å²) in [5.74, 6) is -1.13. The number of nitrogens with one attached hydrogen (secondary N) is 1. The lowest BCUT2D eigenvalue weighted by molar-refractivity contribution is -0.121. The molecule has 9 heteroatoms. The van der Waals surface area contributed by atoms with E-state index in [9.17, 15) is 22.4 Å². The zero-order valence-electron chi connectivity index (χ0n) is 17.0. The highest BCUT2D eigenvalue weighted by Crippen LogP contribution is 2.26. The molecule has 2 saturated heterocycles. The third kappa shape index (κ3) is 4.62. The van der Waals surface area contributed by atoms with E-state index in [1.165, 1.54) is 16.4 Å². The second-order valence-electron chi connectivity index (χ2n) is 7.84. The molecule has 4 rings (SSSR count). The summed E-state index contributed by atoms with van der Waals surface area (Å²) >= 11 is 0. The first kappa shape index (κ1) is 21.5. The monoisotopic (exact) mass is 445 g/mol. The van der Waals surface area contributed by atoms with E-state index in [0.29, 0.717) is 38.0 Å². The van der Waals surface area contributed by atoms with E-state index >= 15 is 0 Å². The zero-order chi connectivity index (χ0) is 22.0. The third-order valence-electron chi connectivity index (χ3n) is 5.73. The van der Waals surface area contributed by atoms with Crippen molar-refractivity contribution in [3.63, 3.8) is 0 Å². The first-order chi connectivity index (χ1) is 14.8. The van der Waals surface area contributed by atoms with Gasteiger partial charge in [-0.25, -0.2) is 12.8 Å². The number of carbonyl (C=O) groups is 2. The number of hydrogen-bond donors (Lipinski definition) is 1. The fraction of sp³-hybridized carbons (Fsp3) is 0.364. The van der Waals surface area contributed by atoms with Crippen LogP contribution in [0.2, 0.25) is 0 Å². The second kappa shape index (κ2) is 8.76. The standard InChI is InChI=1S/C22H24FN3O4S/c23-17-5-11-20(12-6-17)31(29,30)25-13-1-3-16(15-25)22(28)24-18-7-9-19(10-8-18)26-14-2-4-21(26)27/h5-12,16H,1-4,13-15H2,(H,24,28). The zero-order valence-corrected chi connectivity index (χ0v) is 17.8. The van der Waals surface area contributed by atoms with E-state index in [4.69, 9.17) is 0 Å². The number of carbonyl (C=O) groups excluding carboxylic acids is 2. The molecule has 1 N–H and O–H groups in total. The molecular weight excluding hydrogens is 421 g/mol. The molecule has 0 aromatic heterocycles. The largest absolute Gasteiger partial charge is 0.326 e. The molecule has 2 heterocycles. The predicted molar refractivity (Wildman–Crippen MR) is 115 cm³/mol. The average molecular weight is 446 g/mol. The second-order valence-corrected chi connectivity index (χ2v) is 9.78. The van der Waals surface area contributed by atoms with Crippen LogP contribution in [-0.2, 0) is 19.6 Å². The molecular formula is C22H24FN3O4S. The normalized spacial score (nSPS) is 20.1. The lowest BCUT2D eigenvalue weighted by atomic mass is 9.98. The summed E-state index contributed by atoms with van der Waals surface area (Å²) in [4.78, 5) is 26.4. The fourth-order valence-electron chi connectivity index (χ4n) is 4.02. The Bertz CT molecular complexity index is 1070. The molecule has 0 saturated carbocycles. The number of piperidine rings is 1. The van der Waals surface area contributed by atoms with Crippen molar-refractivity contribution >= 4 is 33.2 Å². The molecule has 2 aliphatic heterocycles. The van der Waals surface area contributed by atoms with Crippen molar-refractivity contribution in [2.24, 2.45) is 5.92 Å². The first-order valence-electron chi connectivity index (χ1n) is 10.3. The summed E-state index contributed by atoms with van der Waals surface area (Å²) in [5, 5.41) is 2.85. The molecule has 2 fully saturated rings. The Morgan fingerprint density at radius 2 is 1.71 bits per heavy atom. The van der Waals surface area contributed by atoms with Crippen molar-refractivity contribution in [1.29, 1.82) is 0 Å². The van der Waals surface area contributed by atoms with Crippen LogP contribution in [0.1, 0.15) is 25.7 Å². The maximum Gasteiger partial charge on any atom is 0.243 e. The van der Waals surface area contributed by atoms with Crippen LogP contribution in [0.25, 0.3) is 0 Å². The summed E-state index contributed by atoms with van der Waals surface area (Å²) in [6.45, 7) is 1.10. The number of nitrogens with zero attached hydrogens (tertiary/aromatic N) is 2. The molecule has 1 atom stereocenters. The van der Waals surface area contributed by atoms with Gasteiger partial charge in [0.1, 0.15) is 5.82 Å². The Kier molecular flexibility index (Phi) is 6.06. The number of amides is 2. The number of rotatable bonds is 5. The molecule has 0 bridgehead atoms. The highest BCUT2D eigenvalue weighted by molar-refractivity contribution is 7.89. The van der Waals surface area contributed by atoms with Crippen molar-refractivity contribution in [2.75, 3.05) is 29.9 Å². The molecule has 2 aliphatic rings. The van der Waals surface area contributed by atoms with Crippen LogP contribution in [0.3, 0.4) is 0 Å². The quantitative estimate of drug-likeness (QED) is 0.767. The van der Waals surface area contributed by atoms with Gasteiger partial charge >= 0.3 is 0 Å². The Morgan fingerprint density at radius 1 is 1.00 bits per heavy atom. The summed E-state index contributed by atoms with van der Waals surface area (Å²) in [5.41, 5.74) is 1.40. The Balaban J connectivity index is 1.41. The topological polar surface area (TPSA) is 86.8 Å². The van der Waals surface area contributed by atoms with Crippen LogP contribution in [0.15, 0.2) is 53.4 Å². The Hall–Kier alpha value is -2.78. The van der Waals surface area contributed by atoms with Crippen LogP contribution in [0, 0.1) is 11.7 Å². The van der Waals surface area contributed by atoms with Gasteiger partial charge in [0.2, 0.25) is 21.8 Å². The minimum Gasteiger partial charge on any atom is -0.326 e. The number of sulfonamides is 1. The maximum atomic E-state index is 13.1. The number of hydrogen-bond acceptors (Lipinski definition) is 4. The van der Waals surface area contributed by atoms with E-state index in [2.05, 4.69) is 5.32 Å². The van der Waals surface area contributed by atoms with E-state index in [1.807, 2.05) is 0 Å². The molecule has 0 radical (unpaired) electrons. The maximum absolute atomic E-state index is 13.1. The first-order valence-corrected chi connectivity index (χ1v) is 11.8. The van der Waals surface area contributed by atoms with E-state index in [1.54, 1.807) is 29.2 Å². The summed E-state index contributed by atoms with van der Waals surface area (Å²) in [6, 6.07) is 11.8. The van der Waals surface area contributed by atoms with E-state index in [-0.39, 0.29) is 23.3 Å². The van der Waals surface area contributed by atoms with Gasteiger partial charge in [0, 0.05) is 37.4 Å². The van der Waals surface area contributed by atoms with Crippen molar-refractivity contribution in [2.45, 2.75) is 30.6 Å². The minimum atomic E-state index is -3.79. The lowest BCUT2D eigenvalue weighted by Gasteiger charge is -2.31. The van der Waals surface area contributed by atoms with E-state index < -0.39 is 21.8 Å². The van der Waals surface area contributed by atoms with Gasteiger partial charge in [0.25, 0.3) is 0 Å². The van der Waals surface area contributed by atoms with Gasteiger partial charge in [-0.15, -0.1) is 0 Å². The van der Waals surface area contributed by atoms with Crippen LogP contribution < -0.4 is 10.2 Å². The number of benzene rings is 2. The van der Waals surface area contributed by atoms with Gasteiger partial charge in [0.05, 0.1) is 10.8 Å². The fourth-order valence-corrected chi connectivity index (χ4v) is 5.54. The molecule has 0 aliphatic carbocycles. The van der Waals surface area contributed by atoms with Gasteiger partial charge in [-0.1, -0.05) is 0 Å². The SMILES string of the molecule is O=C(Nc1ccc(N2CCCC2=O)cc1)C1CCCN(S(=O)(=O)c2ccc(F)cc2)C1. The highest BCUT2D eigenvalue weighted by Gasteiger charge is 2.33. The van der Waals surface area contributed by atoms with Crippen molar-refractivity contribution in [3.8, 4) is 0 Å². The van der Waals surface area contributed by atoms with Crippen molar-refractivity contribution in [3.05, 3.63) is 54.3 Å². The molecule has 31 heavy (non-hydrogen) atoms. The molecule has 1 unspecified atom stereocenters. The number of halogens is 1. The molecule has 164 valence electrons. The lowest BCUT2D eigenvalue weighted by Crippen LogP contribution is -2.43. The molecule has 7 nitrogen and oxygen atoms in total. The van der Waals surface area contributed by atoms with Gasteiger partial charge in [-0.2, -0.15) is 4.31 Å². The molecule has 2 aromatic rings. The average Bonchev–Trinajstić information content (AvgIpc) is 3.20. The highest BCUT2D eigenvalue weighted by atomic mass is 32.2. The van der Waals surface area contributed by atoms with Gasteiger partial charge < -0.3 is 10.2 Å². The van der Waals surface area contributed by atoms with E-state index in [0.717, 1.165) is 24.2 Å². The molecule has 2 amide bonds. The molecule has 0 spiro atoms. The number of anilines is 2. The smallest absolute Gasteiger partial charge is 0.243 e. The summed E-state index contributed by atoms with van der Waals surface area (Å²) in [7, 11) is -3.79.